The van der Waals surface area contributed by atoms with E-state index in [4.69, 9.17) is 9.47 Å². The summed E-state index contributed by atoms with van der Waals surface area (Å²) in [5, 5.41) is 0. The van der Waals surface area contributed by atoms with Crippen molar-refractivity contribution in [3.05, 3.63) is 59.2 Å². The zero-order valence-corrected chi connectivity index (χ0v) is 12.0. The second kappa shape index (κ2) is 6.24. The molecule has 0 N–H and O–H groups in total. The van der Waals surface area contributed by atoms with Gasteiger partial charge in [-0.15, -0.1) is 0 Å². The quantitative estimate of drug-likeness (QED) is 0.624. The van der Waals surface area contributed by atoms with E-state index >= 15 is 0 Å². The Morgan fingerprint density at radius 1 is 1.00 bits per heavy atom. The molecule has 0 aliphatic heterocycles. The molecule has 0 aliphatic carbocycles. The van der Waals surface area contributed by atoms with Gasteiger partial charge < -0.3 is 9.47 Å². The van der Waals surface area contributed by atoms with Crippen LogP contribution in [0.1, 0.15) is 28.4 Å². The van der Waals surface area contributed by atoms with Gasteiger partial charge in [0.15, 0.2) is 11.5 Å². The van der Waals surface area contributed by atoms with Crippen LogP contribution in [0.4, 0.5) is 0 Å². The molecule has 0 unspecified atom stereocenters. The Kier molecular flexibility index (Phi) is 4.41. The predicted molar refractivity (Wildman–Crippen MR) is 78.5 cm³/mol. The summed E-state index contributed by atoms with van der Waals surface area (Å²) in [5.74, 6) is 0.648. The summed E-state index contributed by atoms with van der Waals surface area (Å²) in [6.07, 6.45) is 0. The minimum Gasteiger partial charge on any atom is -0.490 e. The van der Waals surface area contributed by atoms with Gasteiger partial charge in [-0.1, -0.05) is 29.3 Å². The van der Waals surface area contributed by atoms with Gasteiger partial charge in [-0.25, -0.2) is 4.79 Å². The molecule has 2 rings (SSSR count). The van der Waals surface area contributed by atoms with Gasteiger partial charge in [-0.3, -0.25) is 0 Å². The number of rotatable bonds is 4. The second-order valence-corrected chi connectivity index (χ2v) is 4.65. The van der Waals surface area contributed by atoms with E-state index in [-0.39, 0.29) is 5.97 Å². The largest absolute Gasteiger partial charge is 0.490 e. The van der Waals surface area contributed by atoms with Crippen molar-refractivity contribution in [1.29, 1.82) is 0 Å². The highest BCUT2D eigenvalue weighted by atomic mass is 16.6. The first-order valence-corrected chi connectivity index (χ1v) is 6.62. The van der Waals surface area contributed by atoms with Crippen molar-refractivity contribution < 1.29 is 14.3 Å². The molecule has 0 fully saturated rings. The topological polar surface area (TPSA) is 35.5 Å². The van der Waals surface area contributed by atoms with Gasteiger partial charge in [0.25, 0.3) is 0 Å². The van der Waals surface area contributed by atoms with Gasteiger partial charge in [0.05, 0.1) is 12.2 Å². The molecular weight excluding hydrogens is 252 g/mol. The molecule has 0 saturated heterocycles. The zero-order valence-electron chi connectivity index (χ0n) is 12.0. The number of para-hydroxylation sites is 2. The maximum atomic E-state index is 12.2. The molecule has 0 aliphatic rings. The van der Waals surface area contributed by atoms with Gasteiger partial charge in [-0.2, -0.15) is 0 Å². The van der Waals surface area contributed by atoms with Crippen LogP contribution < -0.4 is 9.47 Å². The lowest BCUT2D eigenvalue weighted by Gasteiger charge is -2.10. The summed E-state index contributed by atoms with van der Waals surface area (Å²) in [5.41, 5.74) is 2.62. The second-order valence-electron chi connectivity index (χ2n) is 4.65. The van der Waals surface area contributed by atoms with E-state index in [1.54, 1.807) is 12.1 Å². The van der Waals surface area contributed by atoms with Crippen LogP contribution in [0.2, 0.25) is 0 Å². The molecule has 104 valence electrons. The Balaban J connectivity index is 2.23. The molecule has 0 heterocycles. The number of aryl methyl sites for hydroxylation is 2. The molecule has 2 aromatic rings. The van der Waals surface area contributed by atoms with Crippen molar-refractivity contribution in [2.75, 3.05) is 6.61 Å². The van der Waals surface area contributed by atoms with E-state index in [9.17, 15) is 4.79 Å². The van der Waals surface area contributed by atoms with Gasteiger partial charge in [0, 0.05) is 0 Å². The maximum Gasteiger partial charge on any atom is 0.343 e. The molecule has 0 amide bonds. The van der Waals surface area contributed by atoms with Crippen LogP contribution in [0.15, 0.2) is 42.5 Å². The van der Waals surface area contributed by atoms with E-state index in [2.05, 4.69) is 0 Å². The summed E-state index contributed by atoms with van der Waals surface area (Å²) < 4.78 is 10.9. The van der Waals surface area contributed by atoms with Crippen molar-refractivity contribution >= 4 is 5.97 Å². The molecule has 0 bridgehead atoms. The lowest BCUT2D eigenvalue weighted by molar-refractivity contribution is 0.0728. The minimum atomic E-state index is -0.371. The normalized spacial score (nSPS) is 10.2. The third kappa shape index (κ3) is 3.38. The van der Waals surface area contributed by atoms with Crippen molar-refractivity contribution in [3.63, 3.8) is 0 Å². The standard InChI is InChI=1S/C17H18O3/c1-4-19-15-7-5-6-8-16(15)20-17(18)14-10-12(2)9-13(3)11-14/h5-11H,4H2,1-3H3. The first-order chi connectivity index (χ1) is 9.60. The zero-order chi connectivity index (χ0) is 14.5. The molecule has 3 heteroatoms. The average molecular weight is 270 g/mol. The minimum absolute atomic E-state index is 0.371. The van der Waals surface area contributed by atoms with Crippen molar-refractivity contribution in [3.8, 4) is 11.5 Å². The number of benzene rings is 2. The Labute approximate surface area is 119 Å². The molecule has 2 aromatic carbocycles. The molecule has 0 spiro atoms. The van der Waals surface area contributed by atoms with Gasteiger partial charge in [0.1, 0.15) is 0 Å². The number of hydrogen-bond acceptors (Lipinski definition) is 3. The summed E-state index contributed by atoms with van der Waals surface area (Å²) in [6, 6.07) is 12.8. The highest BCUT2D eigenvalue weighted by molar-refractivity contribution is 5.91. The van der Waals surface area contributed by atoms with E-state index in [1.807, 2.05) is 51.1 Å². The Morgan fingerprint density at radius 2 is 1.60 bits per heavy atom. The van der Waals surface area contributed by atoms with Crippen LogP contribution in [-0.4, -0.2) is 12.6 Å². The summed E-state index contributed by atoms with van der Waals surface area (Å²) in [4.78, 5) is 12.2. The Hall–Kier alpha value is -2.29. The lowest BCUT2D eigenvalue weighted by atomic mass is 10.1. The monoisotopic (exact) mass is 270 g/mol. The Bertz CT molecular complexity index is 597. The first-order valence-electron chi connectivity index (χ1n) is 6.62. The molecule has 3 nitrogen and oxygen atoms in total. The molecule has 0 saturated carbocycles. The van der Waals surface area contributed by atoms with Crippen molar-refractivity contribution in [2.24, 2.45) is 0 Å². The fourth-order valence-corrected chi connectivity index (χ4v) is 2.06. The van der Waals surface area contributed by atoms with E-state index in [1.165, 1.54) is 0 Å². The van der Waals surface area contributed by atoms with E-state index in [0.29, 0.717) is 23.7 Å². The lowest BCUT2D eigenvalue weighted by Crippen LogP contribution is -2.10. The number of hydrogen-bond donors (Lipinski definition) is 0. The van der Waals surface area contributed by atoms with Crippen LogP contribution in [0.5, 0.6) is 11.5 Å². The fraction of sp³-hybridized carbons (Fsp3) is 0.235. The third-order valence-electron chi connectivity index (χ3n) is 2.81. The average Bonchev–Trinajstić information content (AvgIpc) is 2.40. The Morgan fingerprint density at radius 3 is 2.20 bits per heavy atom. The van der Waals surface area contributed by atoms with Gasteiger partial charge in [-0.05, 0) is 45.0 Å². The van der Waals surface area contributed by atoms with Crippen molar-refractivity contribution in [1.82, 2.24) is 0 Å². The number of carbonyl (C=O) groups excluding carboxylic acids is 1. The van der Waals surface area contributed by atoms with Gasteiger partial charge in [0.2, 0.25) is 0 Å². The third-order valence-corrected chi connectivity index (χ3v) is 2.81. The van der Waals surface area contributed by atoms with Crippen LogP contribution >= 0.6 is 0 Å². The molecule has 0 aromatic heterocycles. The van der Waals surface area contributed by atoms with E-state index in [0.717, 1.165) is 11.1 Å². The molecule has 20 heavy (non-hydrogen) atoms. The summed E-state index contributed by atoms with van der Waals surface area (Å²) in [6.45, 7) is 6.33. The maximum absolute atomic E-state index is 12.2. The van der Waals surface area contributed by atoms with Gasteiger partial charge >= 0.3 is 5.97 Å². The number of esters is 1. The van der Waals surface area contributed by atoms with Crippen LogP contribution in [0, 0.1) is 13.8 Å². The van der Waals surface area contributed by atoms with Crippen molar-refractivity contribution in [2.45, 2.75) is 20.8 Å². The van der Waals surface area contributed by atoms with Crippen LogP contribution in [0.25, 0.3) is 0 Å². The summed E-state index contributed by atoms with van der Waals surface area (Å²) in [7, 11) is 0. The van der Waals surface area contributed by atoms with Crippen LogP contribution in [-0.2, 0) is 0 Å². The summed E-state index contributed by atoms with van der Waals surface area (Å²) >= 11 is 0. The number of ether oxygens (including phenoxy) is 2. The SMILES string of the molecule is CCOc1ccccc1OC(=O)c1cc(C)cc(C)c1. The molecular formula is C17H18O3. The fourth-order valence-electron chi connectivity index (χ4n) is 2.06. The molecule has 0 atom stereocenters. The smallest absolute Gasteiger partial charge is 0.343 e. The van der Waals surface area contributed by atoms with Crippen LogP contribution in [0.3, 0.4) is 0 Å². The highest BCUT2D eigenvalue weighted by Gasteiger charge is 2.12. The molecule has 0 radical (unpaired) electrons. The predicted octanol–water partition coefficient (Wildman–Crippen LogP) is 3.92. The highest BCUT2D eigenvalue weighted by Crippen LogP contribution is 2.27. The first kappa shape index (κ1) is 14.1. The number of carbonyl (C=O) groups is 1. The van der Waals surface area contributed by atoms with E-state index < -0.39 is 0 Å².